The van der Waals surface area contributed by atoms with Crippen molar-refractivity contribution in [1.82, 2.24) is 0 Å². The van der Waals surface area contributed by atoms with Crippen LogP contribution < -0.4 is 4.74 Å². The van der Waals surface area contributed by atoms with Crippen LogP contribution in [-0.4, -0.2) is 5.60 Å². The number of hydrogen-bond donors (Lipinski definition) is 0. The zero-order chi connectivity index (χ0) is 12.0. The van der Waals surface area contributed by atoms with Gasteiger partial charge in [-0.05, 0) is 51.3 Å². The minimum absolute atomic E-state index is 0.109. The average Bonchev–Trinajstić information content (AvgIpc) is 2.16. The van der Waals surface area contributed by atoms with Gasteiger partial charge in [-0.1, -0.05) is 31.9 Å². The summed E-state index contributed by atoms with van der Waals surface area (Å²) in [6, 6.07) is 8.48. The van der Waals surface area contributed by atoms with Crippen LogP contribution in [0.15, 0.2) is 24.3 Å². The van der Waals surface area contributed by atoms with Crippen LogP contribution in [0.4, 0.5) is 0 Å². The van der Waals surface area contributed by atoms with Crippen LogP contribution in [-0.2, 0) is 6.42 Å². The minimum atomic E-state index is -0.109. The Labute approximate surface area is 99.8 Å². The molecule has 1 aromatic rings. The van der Waals surface area contributed by atoms with Gasteiger partial charge in [-0.3, -0.25) is 0 Å². The highest BCUT2D eigenvalue weighted by Crippen LogP contribution is 2.20. The summed E-state index contributed by atoms with van der Waals surface area (Å²) in [5.74, 6) is 0.987. The van der Waals surface area contributed by atoms with E-state index in [-0.39, 0.29) is 5.60 Å². The lowest BCUT2D eigenvalue weighted by Crippen LogP contribution is -2.22. The second-order valence-electron chi connectivity index (χ2n) is 5.32. The van der Waals surface area contributed by atoms with Crippen LogP contribution in [0.5, 0.6) is 5.75 Å². The van der Waals surface area contributed by atoms with E-state index < -0.39 is 0 Å². The van der Waals surface area contributed by atoms with Gasteiger partial charge in [0.15, 0.2) is 0 Å². The molecule has 0 radical (unpaired) electrons. The summed E-state index contributed by atoms with van der Waals surface area (Å²) in [6.07, 6.45) is 5.02. The smallest absolute Gasteiger partial charge is 0.120 e. The van der Waals surface area contributed by atoms with E-state index in [0.717, 1.165) is 12.2 Å². The molecule has 0 fully saturated rings. The van der Waals surface area contributed by atoms with Gasteiger partial charge in [0, 0.05) is 0 Å². The molecule has 90 valence electrons. The van der Waals surface area contributed by atoms with Crippen molar-refractivity contribution in [2.45, 2.75) is 59.0 Å². The number of unbranched alkanes of at least 4 members (excludes halogenated alkanes) is 2. The van der Waals surface area contributed by atoms with Crippen molar-refractivity contribution in [3.8, 4) is 5.75 Å². The quantitative estimate of drug-likeness (QED) is 0.659. The van der Waals surface area contributed by atoms with Crippen LogP contribution >= 0.6 is 0 Å². The Morgan fingerprint density at radius 2 is 1.88 bits per heavy atom. The van der Waals surface area contributed by atoms with Gasteiger partial charge < -0.3 is 4.74 Å². The van der Waals surface area contributed by atoms with Gasteiger partial charge in [0.1, 0.15) is 11.4 Å². The molecule has 0 amide bonds. The summed E-state index contributed by atoms with van der Waals surface area (Å²) >= 11 is 0. The van der Waals surface area contributed by atoms with E-state index in [9.17, 15) is 0 Å². The maximum absolute atomic E-state index is 5.85. The molecule has 1 aromatic carbocycles. The van der Waals surface area contributed by atoms with E-state index in [2.05, 4.69) is 45.9 Å². The molecule has 1 heteroatoms. The van der Waals surface area contributed by atoms with Crippen molar-refractivity contribution in [2.24, 2.45) is 0 Å². The Bertz CT molecular complexity index is 309. The van der Waals surface area contributed by atoms with E-state index in [1.165, 1.54) is 24.8 Å². The number of ether oxygens (including phenoxy) is 1. The third-order valence-corrected chi connectivity index (χ3v) is 2.39. The maximum atomic E-state index is 5.85. The molecule has 0 unspecified atom stereocenters. The zero-order valence-corrected chi connectivity index (χ0v) is 11.0. The maximum Gasteiger partial charge on any atom is 0.120 e. The highest BCUT2D eigenvalue weighted by Gasteiger charge is 2.11. The first-order chi connectivity index (χ1) is 7.51. The fraction of sp³-hybridized carbons (Fsp3) is 0.600. The van der Waals surface area contributed by atoms with Gasteiger partial charge in [0.05, 0.1) is 0 Å². The molecule has 1 nitrogen and oxygen atoms in total. The fourth-order valence-corrected chi connectivity index (χ4v) is 1.70. The third kappa shape index (κ3) is 5.20. The van der Waals surface area contributed by atoms with Gasteiger partial charge >= 0.3 is 0 Å². The first kappa shape index (κ1) is 13.1. The topological polar surface area (TPSA) is 9.23 Å². The second kappa shape index (κ2) is 5.93. The van der Waals surface area contributed by atoms with Gasteiger partial charge in [-0.2, -0.15) is 0 Å². The van der Waals surface area contributed by atoms with E-state index in [1.807, 2.05) is 6.07 Å². The van der Waals surface area contributed by atoms with Crippen LogP contribution in [0, 0.1) is 0 Å². The molecule has 1 rings (SSSR count). The van der Waals surface area contributed by atoms with Gasteiger partial charge in [0.25, 0.3) is 0 Å². The van der Waals surface area contributed by atoms with E-state index in [1.54, 1.807) is 0 Å². The standard InChI is InChI=1S/C15H24O/c1-5-6-7-9-13-10-8-11-14(12-13)16-15(2,3)4/h8,10-12H,5-7,9H2,1-4H3. The van der Waals surface area contributed by atoms with Crippen molar-refractivity contribution in [2.75, 3.05) is 0 Å². The monoisotopic (exact) mass is 220 g/mol. The van der Waals surface area contributed by atoms with Crippen LogP contribution in [0.25, 0.3) is 0 Å². The Morgan fingerprint density at radius 3 is 2.50 bits per heavy atom. The first-order valence-corrected chi connectivity index (χ1v) is 6.29. The molecule has 0 N–H and O–H groups in total. The van der Waals surface area contributed by atoms with Crippen molar-refractivity contribution >= 4 is 0 Å². The van der Waals surface area contributed by atoms with Crippen molar-refractivity contribution in [1.29, 1.82) is 0 Å². The second-order valence-corrected chi connectivity index (χ2v) is 5.32. The third-order valence-electron chi connectivity index (χ3n) is 2.39. The molecule has 0 aliphatic carbocycles. The number of benzene rings is 1. The zero-order valence-electron chi connectivity index (χ0n) is 11.0. The van der Waals surface area contributed by atoms with E-state index >= 15 is 0 Å². The predicted octanol–water partition coefficient (Wildman–Crippen LogP) is 4.60. The Morgan fingerprint density at radius 1 is 1.12 bits per heavy atom. The highest BCUT2D eigenvalue weighted by atomic mass is 16.5. The number of aryl methyl sites for hydroxylation is 1. The molecule has 0 spiro atoms. The summed E-state index contributed by atoms with van der Waals surface area (Å²) in [4.78, 5) is 0. The molecule has 0 atom stereocenters. The SMILES string of the molecule is CCCCCc1cccc(OC(C)(C)C)c1. The predicted molar refractivity (Wildman–Crippen MR) is 70.1 cm³/mol. The summed E-state index contributed by atoms with van der Waals surface area (Å²) < 4.78 is 5.85. The lowest BCUT2D eigenvalue weighted by atomic mass is 10.1. The molecular formula is C15H24O. The van der Waals surface area contributed by atoms with Gasteiger partial charge in [-0.15, -0.1) is 0 Å². The Kier molecular flexibility index (Phi) is 4.85. The summed E-state index contributed by atoms with van der Waals surface area (Å²) in [5, 5.41) is 0. The molecule has 0 saturated carbocycles. The van der Waals surface area contributed by atoms with Gasteiger partial charge in [0.2, 0.25) is 0 Å². The van der Waals surface area contributed by atoms with Crippen molar-refractivity contribution in [3.05, 3.63) is 29.8 Å². The van der Waals surface area contributed by atoms with E-state index in [4.69, 9.17) is 4.74 Å². The molecule has 0 heterocycles. The lowest BCUT2D eigenvalue weighted by Gasteiger charge is -2.21. The largest absolute Gasteiger partial charge is 0.488 e. The summed E-state index contributed by atoms with van der Waals surface area (Å²) in [7, 11) is 0. The minimum Gasteiger partial charge on any atom is -0.488 e. The normalized spacial score (nSPS) is 11.5. The Hall–Kier alpha value is -0.980. The van der Waals surface area contributed by atoms with Crippen LogP contribution in [0.2, 0.25) is 0 Å². The molecule has 0 saturated heterocycles. The van der Waals surface area contributed by atoms with Crippen LogP contribution in [0.1, 0.15) is 52.5 Å². The fourth-order valence-electron chi connectivity index (χ4n) is 1.70. The molecule has 16 heavy (non-hydrogen) atoms. The molecular weight excluding hydrogens is 196 g/mol. The van der Waals surface area contributed by atoms with E-state index in [0.29, 0.717) is 0 Å². The first-order valence-electron chi connectivity index (χ1n) is 6.29. The molecule has 0 aromatic heterocycles. The highest BCUT2D eigenvalue weighted by molar-refractivity contribution is 5.29. The molecule has 0 bridgehead atoms. The van der Waals surface area contributed by atoms with Gasteiger partial charge in [-0.25, -0.2) is 0 Å². The Balaban J connectivity index is 2.57. The average molecular weight is 220 g/mol. The lowest BCUT2D eigenvalue weighted by molar-refractivity contribution is 0.131. The number of rotatable bonds is 5. The molecule has 0 aliphatic rings. The molecule has 0 aliphatic heterocycles. The van der Waals surface area contributed by atoms with Crippen molar-refractivity contribution < 1.29 is 4.74 Å². The summed E-state index contributed by atoms with van der Waals surface area (Å²) in [5.41, 5.74) is 1.28. The summed E-state index contributed by atoms with van der Waals surface area (Å²) in [6.45, 7) is 8.48. The van der Waals surface area contributed by atoms with Crippen LogP contribution in [0.3, 0.4) is 0 Å². The van der Waals surface area contributed by atoms with Crippen molar-refractivity contribution in [3.63, 3.8) is 0 Å². The number of hydrogen-bond acceptors (Lipinski definition) is 1.